The fourth-order valence-corrected chi connectivity index (χ4v) is 8.35. The van der Waals surface area contributed by atoms with E-state index in [0.29, 0.717) is 12.0 Å². The Morgan fingerprint density at radius 3 is 1.46 bits per heavy atom. The number of esters is 2. The first kappa shape index (κ1) is 44.2. The van der Waals surface area contributed by atoms with Crippen molar-refractivity contribution in [2.75, 3.05) is 7.05 Å². The quantitative estimate of drug-likeness (QED) is 0.115. The Balaban J connectivity index is 0.000000387. The number of unbranched alkanes of at least 4 members (excludes halogenated alkanes) is 14. The first-order valence-corrected chi connectivity index (χ1v) is 20.5. The Labute approximate surface area is 308 Å². The van der Waals surface area contributed by atoms with E-state index in [1.165, 1.54) is 83.5 Å². The summed E-state index contributed by atoms with van der Waals surface area (Å²) in [5.41, 5.74) is 0.742. The van der Waals surface area contributed by atoms with Crippen LogP contribution in [-0.4, -0.2) is 58.2 Å². The minimum atomic E-state index is -0.223. The van der Waals surface area contributed by atoms with E-state index in [1.54, 1.807) is 12.1 Å². The molecule has 2 fully saturated rings. The highest BCUT2D eigenvalue weighted by atomic mass is 16.5. The monoisotopic (exact) mass is 699 g/mol. The summed E-state index contributed by atoms with van der Waals surface area (Å²) in [5, 5.41) is 3.58. The molecule has 0 spiro atoms. The molecule has 1 aromatic carbocycles. The van der Waals surface area contributed by atoms with Gasteiger partial charge in [0, 0.05) is 54.3 Å². The molecule has 3 rings (SSSR count). The molecule has 0 bridgehead atoms. The molecule has 0 saturated carbocycles. The van der Waals surface area contributed by atoms with E-state index in [4.69, 9.17) is 9.47 Å². The number of nitrogens with one attached hydrogen (secondary N) is 1. The van der Waals surface area contributed by atoms with Gasteiger partial charge in [0.05, 0.1) is 5.56 Å². The van der Waals surface area contributed by atoms with E-state index in [-0.39, 0.29) is 46.3 Å². The Morgan fingerprint density at radius 1 is 0.620 bits per heavy atom. The molecule has 2 saturated heterocycles. The standard InChI is InChI=1S/C28H55NO2.C16H23NO2/c1-7-8-9-10-11-12-13-14-15-16-17-18-19-20-21-22-26(30)31-25-23-27(2,3)29(6)28(4,5)24-25;1-15(2)10-13(11-16(3,4)17-15)19-14(18)12-8-6-5-7-9-12/h25H,7-24H2,1-6H3;5-9,13,17H,10-11H2,1-4H3. The molecule has 1 aromatic rings. The molecule has 0 radical (unpaired) electrons. The van der Waals surface area contributed by atoms with E-state index in [2.05, 4.69) is 79.6 Å². The van der Waals surface area contributed by atoms with Gasteiger partial charge in [0.25, 0.3) is 0 Å². The van der Waals surface area contributed by atoms with Crippen LogP contribution >= 0.6 is 0 Å². The predicted octanol–water partition coefficient (Wildman–Crippen LogP) is 11.6. The van der Waals surface area contributed by atoms with Crippen molar-refractivity contribution in [3.05, 3.63) is 35.9 Å². The topological polar surface area (TPSA) is 67.9 Å². The highest BCUT2D eigenvalue weighted by molar-refractivity contribution is 5.89. The van der Waals surface area contributed by atoms with Gasteiger partial charge in [-0.05, 0) is 81.0 Å². The van der Waals surface area contributed by atoms with E-state index in [9.17, 15) is 9.59 Å². The molecule has 0 aromatic heterocycles. The van der Waals surface area contributed by atoms with Crippen molar-refractivity contribution < 1.29 is 19.1 Å². The average Bonchev–Trinajstić information content (AvgIpc) is 3.00. The van der Waals surface area contributed by atoms with Crippen LogP contribution in [0.5, 0.6) is 0 Å². The Morgan fingerprint density at radius 2 is 1.02 bits per heavy atom. The van der Waals surface area contributed by atoms with Gasteiger partial charge in [0.2, 0.25) is 0 Å². The van der Waals surface area contributed by atoms with E-state index >= 15 is 0 Å². The molecule has 2 heterocycles. The number of rotatable bonds is 19. The summed E-state index contributed by atoms with van der Waals surface area (Å²) in [6, 6.07) is 9.19. The van der Waals surface area contributed by atoms with Crippen molar-refractivity contribution >= 4 is 11.9 Å². The fraction of sp³-hybridized carbons (Fsp3) is 0.818. The van der Waals surface area contributed by atoms with Gasteiger partial charge >= 0.3 is 11.9 Å². The van der Waals surface area contributed by atoms with Gasteiger partial charge < -0.3 is 14.8 Å². The Hall–Kier alpha value is -1.92. The average molecular weight is 699 g/mol. The van der Waals surface area contributed by atoms with Crippen molar-refractivity contribution in [3.8, 4) is 0 Å². The van der Waals surface area contributed by atoms with Gasteiger partial charge in [-0.25, -0.2) is 4.79 Å². The molecule has 6 nitrogen and oxygen atoms in total. The summed E-state index contributed by atoms with van der Waals surface area (Å²) in [5.74, 6) is -0.213. The van der Waals surface area contributed by atoms with Gasteiger partial charge in [-0.3, -0.25) is 9.69 Å². The third-order valence-corrected chi connectivity index (χ3v) is 11.0. The number of hydrogen-bond acceptors (Lipinski definition) is 6. The largest absolute Gasteiger partial charge is 0.462 e. The summed E-state index contributed by atoms with van der Waals surface area (Å²) in [7, 11) is 2.19. The van der Waals surface area contributed by atoms with Crippen LogP contribution in [0.25, 0.3) is 0 Å². The lowest BCUT2D eigenvalue weighted by Crippen LogP contribution is -2.60. The van der Waals surface area contributed by atoms with Crippen LogP contribution in [0.2, 0.25) is 0 Å². The second kappa shape index (κ2) is 21.6. The SMILES string of the molecule is CC1(C)CC(OC(=O)c2ccccc2)CC(C)(C)N1.CCCCCCCCCCCCCCCCCC(=O)OC1CC(C)(C)N(C)C(C)(C)C1. The minimum absolute atomic E-state index is 0.0100. The van der Waals surface area contributed by atoms with Crippen LogP contribution in [0.3, 0.4) is 0 Å². The lowest BCUT2D eigenvalue weighted by atomic mass is 9.79. The maximum absolute atomic E-state index is 12.3. The second-order valence-corrected chi connectivity index (χ2v) is 18.1. The van der Waals surface area contributed by atoms with Crippen molar-refractivity contribution in [2.24, 2.45) is 0 Å². The smallest absolute Gasteiger partial charge is 0.338 e. The zero-order chi connectivity index (χ0) is 37.3. The van der Waals surface area contributed by atoms with Crippen molar-refractivity contribution in [2.45, 2.75) is 225 Å². The first-order valence-electron chi connectivity index (χ1n) is 20.5. The third-order valence-electron chi connectivity index (χ3n) is 11.0. The van der Waals surface area contributed by atoms with Crippen LogP contribution in [0.1, 0.15) is 201 Å². The van der Waals surface area contributed by atoms with Crippen LogP contribution in [0, 0.1) is 0 Å². The molecule has 0 amide bonds. The van der Waals surface area contributed by atoms with Gasteiger partial charge in [-0.1, -0.05) is 115 Å². The highest BCUT2D eigenvalue weighted by Crippen LogP contribution is 2.38. The van der Waals surface area contributed by atoms with E-state index < -0.39 is 0 Å². The number of likely N-dealkylation sites (tertiary alicyclic amines) is 1. The molecule has 2 aliphatic rings. The summed E-state index contributed by atoms with van der Waals surface area (Å²) < 4.78 is 11.5. The second-order valence-electron chi connectivity index (χ2n) is 18.1. The number of ether oxygens (including phenoxy) is 2. The maximum atomic E-state index is 12.3. The van der Waals surface area contributed by atoms with Crippen LogP contribution in [0.4, 0.5) is 0 Å². The molecule has 0 unspecified atom stereocenters. The lowest BCUT2D eigenvalue weighted by molar-refractivity contribution is -0.159. The normalized spacial score (nSPS) is 20.0. The molecule has 0 atom stereocenters. The van der Waals surface area contributed by atoms with Gasteiger partial charge in [-0.15, -0.1) is 0 Å². The maximum Gasteiger partial charge on any atom is 0.338 e. The summed E-state index contributed by atoms with van der Waals surface area (Å²) in [6.07, 6.45) is 24.4. The van der Waals surface area contributed by atoms with Gasteiger partial charge in [-0.2, -0.15) is 0 Å². The van der Waals surface area contributed by atoms with E-state index in [0.717, 1.165) is 38.5 Å². The zero-order valence-corrected chi connectivity index (χ0v) is 34.3. The summed E-state index contributed by atoms with van der Waals surface area (Å²) in [6.45, 7) is 19.9. The number of carbonyl (C=O) groups excluding carboxylic acids is 2. The van der Waals surface area contributed by atoms with E-state index in [1.807, 2.05) is 18.2 Å². The Kier molecular flexibility index (Phi) is 19.1. The van der Waals surface area contributed by atoms with Crippen LogP contribution in [0.15, 0.2) is 30.3 Å². The summed E-state index contributed by atoms with van der Waals surface area (Å²) >= 11 is 0. The molecular formula is C44H78N2O4. The summed E-state index contributed by atoms with van der Waals surface area (Å²) in [4.78, 5) is 26.8. The molecule has 0 aliphatic carbocycles. The predicted molar refractivity (Wildman–Crippen MR) is 211 cm³/mol. The first-order chi connectivity index (χ1) is 23.5. The number of piperidine rings is 2. The highest BCUT2D eigenvalue weighted by Gasteiger charge is 2.44. The molecule has 2 aliphatic heterocycles. The fourth-order valence-electron chi connectivity index (χ4n) is 8.35. The number of carbonyl (C=O) groups is 2. The molecular weight excluding hydrogens is 620 g/mol. The number of hydrogen-bond donors (Lipinski definition) is 1. The minimum Gasteiger partial charge on any atom is -0.462 e. The molecule has 6 heteroatoms. The van der Waals surface area contributed by atoms with Crippen LogP contribution in [-0.2, 0) is 14.3 Å². The zero-order valence-electron chi connectivity index (χ0n) is 34.3. The lowest BCUT2D eigenvalue weighted by Gasteiger charge is -2.53. The van der Waals surface area contributed by atoms with Crippen LogP contribution < -0.4 is 5.32 Å². The van der Waals surface area contributed by atoms with Crippen molar-refractivity contribution in [1.29, 1.82) is 0 Å². The van der Waals surface area contributed by atoms with Gasteiger partial charge in [0.15, 0.2) is 0 Å². The molecule has 50 heavy (non-hydrogen) atoms. The van der Waals surface area contributed by atoms with Gasteiger partial charge in [0.1, 0.15) is 12.2 Å². The number of benzene rings is 1. The molecule has 1 N–H and O–H groups in total. The van der Waals surface area contributed by atoms with Crippen molar-refractivity contribution in [3.63, 3.8) is 0 Å². The molecule has 288 valence electrons. The third kappa shape index (κ3) is 17.5. The Bertz CT molecular complexity index is 1060. The number of nitrogens with zero attached hydrogens (tertiary/aromatic N) is 1. The van der Waals surface area contributed by atoms with Crippen molar-refractivity contribution in [1.82, 2.24) is 10.2 Å².